The van der Waals surface area contributed by atoms with Crippen molar-refractivity contribution in [3.8, 4) is 34.2 Å². The fourth-order valence-corrected chi connectivity index (χ4v) is 3.66. The molecule has 0 N–H and O–H groups in total. The molecule has 0 amide bonds. The predicted octanol–water partition coefficient (Wildman–Crippen LogP) is 5.21. The lowest BCUT2D eigenvalue weighted by molar-refractivity contribution is 0.183. The number of fused-ring (bicyclic) bond motifs is 1. The molecule has 0 fully saturated rings. The average molecular weight is 431 g/mol. The summed E-state index contributed by atoms with van der Waals surface area (Å²) in [6.07, 6.45) is 5.65. The van der Waals surface area contributed by atoms with Crippen molar-refractivity contribution in [2.75, 3.05) is 13.7 Å². The summed E-state index contributed by atoms with van der Waals surface area (Å²) in [6.45, 7) is 1.30. The first-order chi connectivity index (χ1) is 16.3. The van der Waals surface area contributed by atoms with Gasteiger partial charge in [-0.15, -0.1) is 0 Å². The number of hydrogen-bond donors (Lipinski definition) is 0. The van der Waals surface area contributed by atoms with Crippen molar-refractivity contribution in [2.45, 2.75) is 6.54 Å². The molecule has 0 bridgehead atoms. The molecule has 0 aliphatic carbocycles. The maximum Gasteiger partial charge on any atom is 0.114 e. The van der Waals surface area contributed by atoms with Gasteiger partial charge in [-0.1, -0.05) is 42.3 Å². The van der Waals surface area contributed by atoms with Gasteiger partial charge in [0.15, 0.2) is 0 Å². The Labute approximate surface area is 192 Å². The topological polar surface area (TPSA) is 52.8 Å². The molecule has 5 rings (SSSR count). The van der Waals surface area contributed by atoms with E-state index in [0.29, 0.717) is 13.2 Å². The van der Waals surface area contributed by atoms with E-state index in [1.165, 1.54) is 0 Å². The van der Waals surface area contributed by atoms with E-state index in [1.807, 2.05) is 53.2 Å². The molecule has 0 spiro atoms. The quantitative estimate of drug-likeness (QED) is 0.359. The van der Waals surface area contributed by atoms with Crippen LogP contribution in [0.3, 0.4) is 0 Å². The van der Waals surface area contributed by atoms with Gasteiger partial charge in [-0.05, 0) is 47.9 Å². The number of pyridine rings is 2. The van der Waals surface area contributed by atoms with E-state index in [4.69, 9.17) is 9.84 Å². The highest BCUT2D eigenvalue weighted by atomic mass is 16.5. The molecule has 5 nitrogen and oxygen atoms in total. The lowest BCUT2D eigenvalue weighted by Crippen LogP contribution is -2.04. The highest BCUT2D eigenvalue weighted by Gasteiger charge is 2.13. The van der Waals surface area contributed by atoms with Crippen LogP contribution in [-0.2, 0) is 11.3 Å². The molecule has 0 unspecified atom stereocenters. The average Bonchev–Trinajstić information content (AvgIpc) is 3.31. The van der Waals surface area contributed by atoms with Crippen molar-refractivity contribution in [2.24, 2.45) is 0 Å². The molecule has 3 heterocycles. The van der Waals surface area contributed by atoms with Gasteiger partial charge in [0.25, 0.3) is 0 Å². The molecule has 2 aromatic carbocycles. The molecule has 3 aromatic heterocycles. The van der Waals surface area contributed by atoms with Crippen LogP contribution in [0.1, 0.15) is 11.3 Å². The van der Waals surface area contributed by atoms with Crippen molar-refractivity contribution in [1.29, 1.82) is 0 Å². The van der Waals surface area contributed by atoms with Gasteiger partial charge in [0.1, 0.15) is 11.4 Å². The van der Waals surface area contributed by atoms with E-state index in [2.05, 4.69) is 52.3 Å². The second-order valence-corrected chi connectivity index (χ2v) is 7.60. The summed E-state index contributed by atoms with van der Waals surface area (Å²) >= 11 is 0. The van der Waals surface area contributed by atoms with Crippen LogP contribution in [0, 0.1) is 11.8 Å². The zero-order valence-electron chi connectivity index (χ0n) is 18.3. The molecule has 0 aliphatic heterocycles. The summed E-state index contributed by atoms with van der Waals surface area (Å²) in [5.74, 6) is 6.40. The first kappa shape index (κ1) is 20.6. The second kappa shape index (κ2) is 9.47. The van der Waals surface area contributed by atoms with Crippen LogP contribution >= 0.6 is 0 Å². The smallest absolute Gasteiger partial charge is 0.114 e. The normalized spacial score (nSPS) is 10.7. The number of para-hydroxylation sites is 1. The Bertz CT molecular complexity index is 1440. The van der Waals surface area contributed by atoms with Crippen LogP contribution in [0.2, 0.25) is 0 Å². The number of rotatable bonds is 5. The zero-order chi connectivity index (χ0) is 22.5. The van der Waals surface area contributed by atoms with Crippen molar-refractivity contribution >= 4 is 10.9 Å². The van der Waals surface area contributed by atoms with Crippen molar-refractivity contribution in [3.05, 3.63) is 103 Å². The Morgan fingerprint density at radius 1 is 0.848 bits per heavy atom. The summed E-state index contributed by atoms with van der Waals surface area (Å²) < 4.78 is 7.14. The van der Waals surface area contributed by atoms with E-state index in [0.717, 1.165) is 44.5 Å². The third-order valence-electron chi connectivity index (χ3n) is 5.37. The van der Waals surface area contributed by atoms with E-state index in [1.54, 1.807) is 19.5 Å². The molecule has 0 saturated carbocycles. The molecule has 0 radical (unpaired) electrons. The number of hydrogen-bond acceptors (Lipinski definition) is 4. The predicted molar refractivity (Wildman–Crippen MR) is 130 cm³/mol. The summed E-state index contributed by atoms with van der Waals surface area (Å²) in [5, 5.41) is 5.93. The summed E-state index contributed by atoms with van der Waals surface area (Å²) in [5.41, 5.74) is 6.74. The molecule has 5 aromatic rings. The lowest BCUT2D eigenvalue weighted by atomic mass is 10.0. The highest BCUT2D eigenvalue weighted by molar-refractivity contribution is 5.81. The van der Waals surface area contributed by atoms with Crippen LogP contribution in [0.15, 0.2) is 91.4 Å². The Morgan fingerprint density at radius 3 is 2.48 bits per heavy atom. The lowest BCUT2D eigenvalue weighted by Gasteiger charge is -2.03. The van der Waals surface area contributed by atoms with E-state index >= 15 is 0 Å². The van der Waals surface area contributed by atoms with Crippen molar-refractivity contribution in [3.63, 3.8) is 0 Å². The molecule has 0 atom stereocenters. The van der Waals surface area contributed by atoms with Gasteiger partial charge in [-0.2, -0.15) is 5.10 Å². The van der Waals surface area contributed by atoms with Gasteiger partial charge in [-0.25, -0.2) is 4.98 Å². The highest BCUT2D eigenvalue weighted by Crippen LogP contribution is 2.31. The van der Waals surface area contributed by atoms with Gasteiger partial charge in [0.05, 0.1) is 18.7 Å². The van der Waals surface area contributed by atoms with Gasteiger partial charge in [0.2, 0.25) is 0 Å². The van der Waals surface area contributed by atoms with Crippen LogP contribution in [0.4, 0.5) is 0 Å². The molecule has 0 saturated heterocycles. The maximum atomic E-state index is 5.22. The van der Waals surface area contributed by atoms with Crippen LogP contribution < -0.4 is 0 Å². The minimum Gasteiger partial charge on any atom is -0.383 e. The first-order valence-electron chi connectivity index (χ1n) is 10.8. The van der Waals surface area contributed by atoms with Gasteiger partial charge in [-0.3, -0.25) is 9.67 Å². The zero-order valence-corrected chi connectivity index (χ0v) is 18.3. The summed E-state index contributed by atoms with van der Waals surface area (Å²) in [7, 11) is 1.70. The van der Waals surface area contributed by atoms with Crippen LogP contribution in [-0.4, -0.2) is 33.5 Å². The molecule has 5 heteroatoms. The second-order valence-electron chi connectivity index (χ2n) is 7.60. The number of ether oxygens (including phenoxy) is 1. The molecular formula is C28H22N4O. The maximum absolute atomic E-state index is 5.22. The number of methoxy groups -OCH3 is 1. The minimum absolute atomic E-state index is 0.605. The Morgan fingerprint density at radius 2 is 1.67 bits per heavy atom. The molecule has 0 aliphatic rings. The van der Waals surface area contributed by atoms with E-state index in [9.17, 15) is 0 Å². The van der Waals surface area contributed by atoms with Crippen LogP contribution in [0.5, 0.6) is 0 Å². The molecule has 33 heavy (non-hydrogen) atoms. The third kappa shape index (κ3) is 4.67. The molecule has 160 valence electrons. The number of nitrogens with zero attached hydrogens (tertiary/aromatic N) is 4. The van der Waals surface area contributed by atoms with Gasteiger partial charge in [0, 0.05) is 47.8 Å². The fraction of sp³-hybridized carbons (Fsp3) is 0.107. The summed E-state index contributed by atoms with van der Waals surface area (Å²) in [6, 6.07) is 24.2. The fourth-order valence-electron chi connectivity index (χ4n) is 3.66. The SMILES string of the molecule is COCCn1cc(-c2ccncc2)c(-c2ccc(C#Cc3ccc4ccccc4n3)cc2)n1. The Kier molecular flexibility index (Phi) is 5.92. The Balaban J connectivity index is 1.43. The first-order valence-corrected chi connectivity index (χ1v) is 10.8. The van der Waals surface area contributed by atoms with Gasteiger partial charge >= 0.3 is 0 Å². The summed E-state index contributed by atoms with van der Waals surface area (Å²) in [4.78, 5) is 8.76. The standard InChI is InChI=1S/C28H22N4O/c1-33-19-18-32-20-26(22-14-16-29-17-15-22)28(31-32)24-9-6-21(7-10-24)8-12-25-13-11-23-4-2-3-5-27(23)30-25/h2-7,9-11,13-17,20H,18-19H2,1H3. The monoisotopic (exact) mass is 430 g/mol. The molecular weight excluding hydrogens is 408 g/mol. The largest absolute Gasteiger partial charge is 0.383 e. The van der Waals surface area contributed by atoms with Crippen molar-refractivity contribution in [1.82, 2.24) is 19.7 Å². The third-order valence-corrected chi connectivity index (χ3v) is 5.37. The van der Waals surface area contributed by atoms with Crippen LogP contribution in [0.25, 0.3) is 33.3 Å². The Hall–Kier alpha value is -4.27. The van der Waals surface area contributed by atoms with E-state index < -0.39 is 0 Å². The van der Waals surface area contributed by atoms with Gasteiger partial charge < -0.3 is 4.74 Å². The van der Waals surface area contributed by atoms with E-state index in [-0.39, 0.29) is 0 Å². The number of benzene rings is 2. The minimum atomic E-state index is 0.605. The number of aromatic nitrogens is 4. The van der Waals surface area contributed by atoms with Crippen molar-refractivity contribution < 1.29 is 4.74 Å².